The fourth-order valence-electron chi connectivity index (χ4n) is 2.18. The van der Waals surface area contributed by atoms with E-state index < -0.39 is 0 Å². The second kappa shape index (κ2) is 6.50. The molecule has 0 aliphatic carbocycles. The molecule has 108 valence electrons. The third-order valence-corrected chi connectivity index (χ3v) is 3.24. The number of rotatable bonds is 6. The number of nitrogens with zero attached hydrogens (tertiary/aromatic N) is 4. The van der Waals surface area contributed by atoms with Gasteiger partial charge in [0, 0.05) is 36.8 Å². The normalized spacial score (nSPS) is 10.8. The van der Waals surface area contributed by atoms with Gasteiger partial charge in [-0.3, -0.25) is 4.68 Å². The Bertz CT molecular complexity index is 574. The Kier molecular flexibility index (Phi) is 4.71. The molecule has 2 heterocycles. The summed E-state index contributed by atoms with van der Waals surface area (Å²) in [6, 6.07) is 0. The Labute approximate surface area is 120 Å². The highest BCUT2D eigenvalue weighted by Crippen LogP contribution is 2.25. The smallest absolute Gasteiger partial charge is 0.133 e. The van der Waals surface area contributed by atoms with Crippen LogP contribution in [-0.2, 0) is 13.0 Å². The Morgan fingerprint density at radius 2 is 2.00 bits per heavy atom. The average Bonchev–Trinajstić information content (AvgIpc) is 2.91. The molecule has 0 bridgehead atoms. The number of hydrogen-bond donors (Lipinski definition) is 1. The molecule has 0 aliphatic rings. The quantitative estimate of drug-likeness (QED) is 0.879. The van der Waals surface area contributed by atoms with E-state index in [9.17, 15) is 0 Å². The van der Waals surface area contributed by atoms with Crippen LogP contribution in [0.5, 0.6) is 0 Å². The SMILES string of the molecule is CCCc1nc(NCC)c(C)c(-c2cnn(CC)c2)n1. The molecule has 5 nitrogen and oxygen atoms in total. The molecule has 0 amide bonds. The van der Waals surface area contributed by atoms with Gasteiger partial charge in [-0.1, -0.05) is 6.92 Å². The summed E-state index contributed by atoms with van der Waals surface area (Å²) in [5, 5.41) is 7.67. The molecular formula is C15H23N5. The van der Waals surface area contributed by atoms with Crippen LogP contribution in [0.15, 0.2) is 12.4 Å². The standard InChI is InChI=1S/C15H23N5/c1-5-8-13-18-14(11(4)15(19-13)16-6-2)12-9-17-20(7-3)10-12/h9-10H,5-8H2,1-4H3,(H,16,18,19). The van der Waals surface area contributed by atoms with Crippen molar-refractivity contribution in [2.24, 2.45) is 0 Å². The van der Waals surface area contributed by atoms with Crippen molar-refractivity contribution in [3.05, 3.63) is 23.8 Å². The van der Waals surface area contributed by atoms with Gasteiger partial charge in [0.05, 0.1) is 11.9 Å². The first-order valence-corrected chi connectivity index (χ1v) is 7.33. The molecule has 0 saturated carbocycles. The first-order valence-electron chi connectivity index (χ1n) is 7.33. The van der Waals surface area contributed by atoms with Crippen LogP contribution in [0.1, 0.15) is 38.6 Å². The van der Waals surface area contributed by atoms with Crippen molar-refractivity contribution in [2.75, 3.05) is 11.9 Å². The van der Waals surface area contributed by atoms with E-state index in [-0.39, 0.29) is 0 Å². The van der Waals surface area contributed by atoms with Crippen LogP contribution < -0.4 is 5.32 Å². The molecular weight excluding hydrogens is 250 g/mol. The summed E-state index contributed by atoms with van der Waals surface area (Å²) in [6.45, 7) is 10.1. The third kappa shape index (κ3) is 2.98. The lowest BCUT2D eigenvalue weighted by Crippen LogP contribution is -2.07. The summed E-state index contributed by atoms with van der Waals surface area (Å²) in [4.78, 5) is 9.33. The van der Waals surface area contributed by atoms with E-state index in [2.05, 4.69) is 43.1 Å². The van der Waals surface area contributed by atoms with Crippen molar-refractivity contribution >= 4 is 5.82 Å². The van der Waals surface area contributed by atoms with Gasteiger partial charge < -0.3 is 5.32 Å². The molecule has 0 radical (unpaired) electrons. The second-order valence-electron chi connectivity index (χ2n) is 4.83. The molecule has 0 saturated heterocycles. The zero-order valence-electron chi connectivity index (χ0n) is 12.8. The van der Waals surface area contributed by atoms with Gasteiger partial charge in [-0.05, 0) is 27.2 Å². The van der Waals surface area contributed by atoms with Crippen molar-refractivity contribution in [3.63, 3.8) is 0 Å². The predicted octanol–water partition coefficient (Wildman–Crippen LogP) is 3.05. The molecule has 5 heteroatoms. The molecule has 2 aromatic rings. The number of anilines is 1. The largest absolute Gasteiger partial charge is 0.370 e. The number of aromatic nitrogens is 4. The van der Waals surface area contributed by atoms with Crippen molar-refractivity contribution in [1.29, 1.82) is 0 Å². The summed E-state index contributed by atoms with van der Waals surface area (Å²) in [5.74, 6) is 1.83. The maximum absolute atomic E-state index is 4.72. The van der Waals surface area contributed by atoms with Gasteiger partial charge in [0.25, 0.3) is 0 Å². The first kappa shape index (κ1) is 14.5. The van der Waals surface area contributed by atoms with Crippen LogP contribution in [-0.4, -0.2) is 26.3 Å². The highest BCUT2D eigenvalue weighted by atomic mass is 15.3. The Morgan fingerprint density at radius 3 is 2.60 bits per heavy atom. The number of aryl methyl sites for hydroxylation is 2. The van der Waals surface area contributed by atoms with Crippen molar-refractivity contribution in [3.8, 4) is 11.3 Å². The van der Waals surface area contributed by atoms with Crippen molar-refractivity contribution < 1.29 is 0 Å². The zero-order valence-corrected chi connectivity index (χ0v) is 12.8. The minimum atomic E-state index is 0.858. The molecule has 0 fully saturated rings. The fourth-order valence-corrected chi connectivity index (χ4v) is 2.18. The molecule has 0 aliphatic heterocycles. The molecule has 1 N–H and O–H groups in total. The Balaban J connectivity index is 2.48. The molecule has 20 heavy (non-hydrogen) atoms. The summed E-state index contributed by atoms with van der Waals surface area (Å²) in [6.07, 6.45) is 5.86. The zero-order chi connectivity index (χ0) is 14.5. The molecule has 2 rings (SSSR count). The molecule has 0 spiro atoms. The first-order chi connectivity index (χ1) is 9.69. The van der Waals surface area contributed by atoms with Crippen LogP contribution in [0.4, 0.5) is 5.82 Å². The third-order valence-electron chi connectivity index (χ3n) is 3.24. The predicted molar refractivity (Wildman–Crippen MR) is 81.8 cm³/mol. The maximum Gasteiger partial charge on any atom is 0.133 e. The lowest BCUT2D eigenvalue weighted by atomic mass is 10.1. The van der Waals surface area contributed by atoms with Crippen LogP contribution in [0.3, 0.4) is 0 Å². The van der Waals surface area contributed by atoms with Gasteiger partial charge in [-0.25, -0.2) is 9.97 Å². The minimum absolute atomic E-state index is 0.858. The van der Waals surface area contributed by atoms with Crippen LogP contribution >= 0.6 is 0 Å². The summed E-state index contributed by atoms with van der Waals surface area (Å²) >= 11 is 0. The molecule has 0 unspecified atom stereocenters. The number of nitrogens with one attached hydrogen (secondary N) is 1. The van der Waals surface area contributed by atoms with Gasteiger partial charge in [-0.15, -0.1) is 0 Å². The second-order valence-corrected chi connectivity index (χ2v) is 4.83. The topological polar surface area (TPSA) is 55.6 Å². The number of hydrogen-bond acceptors (Lipinski definition) is 4. The van der Waals surface area contributed by atoms with Crippen molar-refractivity contribution in [2.45, 2.75) is 47.1 Å². The average molecular weight is 273 g/mol. The summed E-state index contributed by atoms with van der Waals surface area (Å²) in [7, 11) is 0. The van der Waals surface area contributed by atoms with E-state index in [1.807, 2.05) is 17.1 Å². The van der Waals surface area contributed by atoms with E-state index in [1.54, 1.807) is 0 Å². The Hall–Kier alpha value is -1.91. The van der Waals surface area contributed by atoms with Gasteiger partial charge >= 0.3 is 0 Å². The highest BCUT2D eigenvalue weighted by molar-refractivity contribution is 5.67. The lowest BCUT2D eigenvalue weighted by molar-refractivity contribution is 0.660. The minimum Gasteiger partial charge on any atom is -0.370 e. The maximum atomic E-state index is 4.72. The van der Waals surface area contributed by atoms with E-state index in [0.29, 0.717) is 0 Å². The Morgan fingerprint density at radius 1 is 1.20 bits per heavy atom. The van der Waals surface area contributed by atoms with E-state index in [4.69, 9.17) is 4.98 Å². The van der Waals surface area contributed by atoms with Crippen LogP contribution in [0, 0.1) is 6.92 Å². The van der Waals surface area contributed by atoms with Crippen LogP contribution in [0.2, 0.25) is 0 Å². The van der Waals surface area contributed by atoms with Gasteiger partial charge in [0.2, 0.25) is 0 Å². The van der Waals surface area contributed by atoms with Gasteiger partial charge in [0.1, 0.15) is 11.6 Å². The fraction of sp³-hybridized carbons (Fsp3) is 0.533. The lowest BCUT2D eigenvalue weighted by Gasteiger charge is -2.12. The van der Waals surface area contributed by atoms with Crippen LogP contribution in [0.25, 0.3) is 11.3 Å². The van der Waals surface area contributed by atoms with Gasteiger partial charge in [0.15, 0.2) is 0 Å². The van der Waals surface area contributed by atoms with E-state index in [1.165, 1.54) is 0 Å². The summed E-state index contributed by atoms with van der Waals surface area (Å²) < 4.78 is 1.92. The molecule has 0 aromatic carbocycles. The molecule has 2 aromatic heterocycles. The monoisotopic (exact) mass is 273 g/mol. The highest BCUT2D eigenvalue weighted by Gasteiger charge is 2.13. The molecule has 0 atom stereocenters. The van der Waals surface area contributed by atoms with Gasteiger partial charge in [-0.2, -0.15) is 5.10 Å². The van der Waals surface area contributed by atoms with E-state index in [0.717, 1.165) is 54.4 Å². The van der Waals surface area contributed by atoms with E-state index >= 15 is 0 Å². The van der Waals surface area contributed by atoms with Crippen molar-refractivity contribution in [1.82, 2.24) is 19.7 Å². The summed E-state index contributed by atoms with van der Waals surface area (Å²) in [5.41, 5.74) is 3.13.